The molecule has 1 aromatic heterocycles. The third kappa shape index (κ3) is 3.01. The van der Waals surface area contributed by atoms with Crippen molar-refractivity contribution in [2.75, 3.05) is 5.48 Å². The summed E-state index contributed by atoms with van der Waals surface area (Å²) in [6, 6.07) is 9.58. The average molecular weight is 315 g/mol. The zero-order valence-corrected chi connectivity index (χ0v) is 11.5. The summed E-state index contributed by atoms with van der Waals surface area (Å²) >= 11 is 0. The molecule has 0 radical (unpaired) electrons. The van der Waals surface area contributed by atoms with Crippen LogP contribution in [0.4, 0.5) is 10.1 Å². The van der Waals surface area contributed by atoms with Crippen LogP contribution in [-0.4, -0.2) is 26.4 Å². The number of carbonyl (C=O) groups is 1. The van der Waals surface area contributed by atoms with Crippen LogP contribution < -0.4 is 5.48 Å². The Bertz CT molecular complexity index is 861. The Labute approximate surface area is 129 Å². The maximum atomic E-state index is 12.9. The maximum absolute atomic E-state index is 12.9. The number of anilines is 1. The van der Waals surface area contributed by atoms with Crippen molar-refractivity contribution in [2.45, 2.75) is 0 Å². The molecule has 0 spiro atoms. The highest BCUT2D eigenvalue weighted by Crippen LogP contribution is 2.26. The van der Waals surface area contributed by atoms with Crippen LogP contribution in [0.3, 0.4) is 0 Å². The van der Waals surface area contributed by atoms with Crippen LogP contribution >= 0.6 is 0 Å². The lowest BCUT2D eigenvalue weighted by Gasteiger charge is -2.03. The standard InChI is InChI=1S/C15H10FN3O4/c16-11-3-1-8(2-4-11)13-17-14(23-19-13)9-5-10(15(20)21)7-12(6-9)18-22/h1-7,18,22H,(H,20,21). The van der Waals surface area contributed by atoms with E-state index in [0.29, 0.717) is 11.1 Å². The van der Waals surface area contributed by atoms with Crippen LogP contribution in [0.5, 0.6) is 0 Å². The van der Waals surface area contributed by atoms with Gasteiger partial charge in [-0.25, -0.2) is 9.18 Å². The molecule has 0 saturated carbocycles. The Morgan fingerprint density at radius 1 is 1.13 bits per heavy atom. The van der Waals surface area contributed by atoms with Gasteiger partial charge in [-0.05, 0) is 42.5 Å². The lowest BCUT2D eigenvalue weighted by atomic mass is 10.1. The first-order valence-electron chi connectivity index (χ1n) is 6.45. The summed E-state index contributed by atoms with van der Waals surface area (Å²) in [5.41, 5.74) is 2.87. The van der Waals surface area contributed by atoms with Crippen LogP contribution in [0.1, 0.15) is 10.4 Å². The van der Waals surface area contributed by atoms with Gasteiger partial charge in [0.1, 0.15) is 5.82 Å². The number of nitrogens with zero attached hydrogens (tertiary/aromatic N) is 2. The van der Waals surface area contributed by atoms with Crippen molar-refractivity contribution in [3.05, 3.63) is 53.8 Å². The molecular weight excluding hydrogens is 305 g/mol. The molecule has 0 fully saturated rings. The molecule has 1 heterocycles. The number of carboxylic acids is 1. The first-order valence-corrected chi connectivity index (χ1v) is 6.45. The highest BCUT2D eigenvalue weighted by atomic mass is 19.1. The summed E-state index contributed by atoms with van der Waals surface area (Å²) in [7, 11) is 0. The molecule has 8 heteroatoms. The third-order valence-corrected chi connectivity index (χ3v) is 3.08. The minimum atomic E-state index is -1.17. The monoisotopic (exact) mass is 315 g/mol. The average Bonchev–Trinajstić information content (AvgIpc) is 3.05. The molecule has 23 heavy (non-hydrogen) atoms. The fourth-order valence-electron chi connectivity index (χ4n) is 2.00. The van der Waals surface area contributed by atoms with Crippen molar-refractivity contribution < 1.29 is 24.0 Å². The van der Waals surface area contributed by atoms with E-state index < -0.39 is 5.97 Å². The van der Waals surface area contributed by atoms with Crippen molar-refractivity contribution in [3.8, 4) is 22.8 Å². The van der Waals surface area contributed by atoms with Gasteiger partial charge in [-0.15, -0.1) is 0 Å². The number of nitrogens with one attached hydrogen (secondary N) is 1. The predicted octanol–water partition coefficient (Wildman–Crippen LogP) is 3.04. The van der Waals surface area contributed by atoms with Gasteiger partial charge in [0.05, 0.1) is 11.3 Å². The number of halogens is 1. The van der Waals surface area contributed by atoms with Gasteiger partial charge >= 0.3 is 5.97 Å². The molecule has 0 amide bonds. The zero-order valence-electron chi connectivity index (χ0n) is 11.5. The van der Waals surface area contributed by atoms with Gasteiger partial charge in [0, 0.05) is 11.1 Å². The predicted molar refractivity (Wildman–Crippen MR) is 77.5 cm³/mol. The quantitative estimate of drug-likeness (QED) is 0.635. The highest BCUT2D eigenvalue weighted by molar-refractivity contribution is 5.90. The second-order valence-corrected chi connectivity index (χ2v) is 4.65. The van der Waals surface area contributed by atoms with Crippen LogP contribution in [0.15, 0.2) is 47.0 Å². The molecule has 0 aliphatic heterocycles. The summed E-state index contributed by atoms with van der Waals surface area (Å²) in [6.07, 6.45) is 0. The Hall–Kier alpha value is -3.26. The number of rotatable bonds is 4. The molecule has 7 nitrogen and oxygen atoms in total. The molecule has 3 aromatic rings. The van der Waals surface area contributed by atoms with E-state index in [9.17, 15) is 9.18 Å². The second kappa shape index (κ2) is 5.85. The fraction of sp³-hybridized carbons (Fsp3) is 0. The van der Waals surface area contributed by atoms with Gasteiger partial charge in [-0.2, -0.15) is 4.98 Å². The van der Waals surface area contributed by atoms with E-state index in [1.165, 1.54) is 42.5 Å². The van der Waals surface area contributed by atoms with E-state index in [-0.39, 0.29) is 28.8 Å². The van der Waals surface area contributed by atoms with Gasteiger partial charge in [-0.3, -0.25) is 10.7 Å². The Morgan fingerprint density at radius 3 is 2.52 bits per heavy atom. The topological polar surface area (TPSA) is 108 Å². The number of benzene rings is 2. The van der Waals surface area contributed by atoms with E-state index in [1.807, 2.05) is 5.48 Å². The van der Waals surface area contributed by atoms with E-state index in [4.69, 9.17) is 14.8 Å². The molecule has 3 rings (SSSR count). The number of aromatic nitrogens is 2. The Kier molecular flexibility index (Phi) is 3.73. The minimum absolute atomic E-state index is 0.0550. The molecular formula is C15H10FN3O4. The Morgan fingerprint density at radius 2 is 1.87 bits per heavy atom. The summed E-state index contributed by atoms with van der Waals surface area (Å²) in [5, 5.41) is 21.8. The summed E-state index contributed by atoms with van der Waals surface area (Å²) < 4.78 is 18.0. The minimum Gasteiger partial charge on any atom is -0.478 e. The van der Waals surface area contributed by atoms with E-state index >= 15 is 0 Å². The SMILES string of the molecule is O=C(O)c1cc(NO)cc(-c2nc(-c3ccc(F)cc3)no2)c1. The molecule has 0 aliphatic rings. The summed E-state index contributed by atoms with van der Waals surface area (Å²) in [6.45, 7) is 0. The molecule has 0 bridgehead atoms. The van der Waals surface area contributed by atoms with Gasteiger partial charge in [0.25, 0.3) is 5.89 Å². The summed E-state index contributed by atoms with van der Waals surface area (Å²) in [4.78, 5) is 15.3. The number of carboxylic acid groups (broad SMARTS) is 1. The molecule has 3 N–H and O–H groups in total. The second-order valence-electron chi connectivity index (χ2n) is 4.65. The van der Waals surface area contributed by atoms with Gasteiger partial charge < -0.3 is 9.63 Å². The normalized spacial score (nSPS) is 10.5. The summed E-state index contributed by atoms with van der Waals surface area (Å²) in [5.74, 6) is -1.24. The van der Waals surface area contributed by atoms with Gasteiger partial charge in [-0.1, -0.05) is 5.16 Å². The smallest absolute Gasteiger partial charge is 0.335 e. The van der Waals surface area contributed by atoms with Crippen molar-refractivity contribution in [1.29, 1.82) is 0 Å². The van der Waals surface area contributed by atoms with Crippen molar-refractivity contribution in [1.82, 2.24) is 10.1 Å². The number of hydrogen-bond acceptors (Lipinski definition) is 6. The molecule has 0 saturated heterocycles. The van der Waals surface area contributed by atoms with Crippen LogP contribution in [0.25, 0.3) is 22.8 Å². The van der Waals surface area contributed by atoms with Crippen molar-refractivity contribution in [2.24, 2.45) is 0 Å². The highest BCUT2D eigenvalue weighted by Gasteiger charge is 2.14. The number of hydrogen-bond donors (Lipinski definition) is 3. The maximum Gasteiger partial charge on any atom is 0.335 e. The molecule has 0 aliphatic carbocycles. The van der Waals surface area contributed by atoms with E-state index in [1.54, 1.807) is 0 Å². The van der Waals surface area contributed by atoms with Crippen LogP contribution in [-0.2, 0) is 0 Å². The van der Waals surface area contributed by atoms with Crippen molar-refractivity contribution in [3.63, 3.8) is 0 Å². The van der Waals surface area contributed by atoms with Gasteiger partial charge in [0.15, 0.2) is 0 Å². The molecule has 2 aromatic carbocycles. The lowest BCUT2D eigenvalue weighted by Crippen LogP contribution is -1.99. The zero-order chi connectivity index (χ0) is 16.4. The van der Waals surface area contributed by atoms with Crippen LogP contribution in [0, 0.1) is 5.82 Å². The number of aromatic carboxylic acids is 1. The Balaban J connectivity index is 2.01. The first kappa shape index (κ1) is 14.7. The van der Waals surface area contributed by atoms with E-state index in [2.05, 4.69) is 10.1 Å². The fourth-order valence-corrected chi connectivity index (χ4v) is 2.00. The molecule has 0 atom stereocenters. The largest absolute Gasteiger partial charge is 0.478 e. The molecule has 116 valence electrons. The lowest BCUT2D eigenvalue weighted by molar-refractivity contribution is 0.0697. The third-order valence-electron chi connectivity index (χ3n) is 3.08. The van der Waals surface area contributed by atoms with E-state index in [0.717, 1.165) is 0 Å². The molecule has 0 unspecified atom stereocenters. The van der Waals surface area contributed by atoms with Gasteiger partial charge in [0.2, 0.25) is 5.82 Å². The van der Waals surface area contributed by atoms with Crippen molar-refractivity contribution >= 4 is 11.7 Å². The first-order chi connectivity index (χ1) is 11.1. The van der Waals surface area contributed by atoms with Crippen LogP contribution in [0.2, 0.25) is 0 Å².